The lowest BCUT2D eigenvalue weighted by Crippen LogP contribution is -2.32. The lowest BCUT2D eigenvalue weighted by molar-refractivity contribution is -0.128. The molecule has 1 fully saturated rings. The zero-order chi connectivity index (χ0) is 15.8. The Morgan fingerprint density at radius 1 is 1.27 bits per heavy atom. The van der Waals surface area contributed by atoms with E-state index in [2.05, 4.69) is 0 Å². The summed E-state index contributed by atoms with van der Waals surface area (Å²) in [6.07, 6.45) is 7.12. The summed E-state index contributed by atoms with van der Waals surface area (Å²) in [6.45, 7) is 0.730. The third-order valence-electron chi connectivity index (χ3n) is 3.88. The van der Waals surface area contributed by atoms with E-state index in [-0.39, 0.29) is 17.7 Å². The Balaban J connectivity index is 1.87. The number of nitrogens with zero attached hydrogens (tertiary/aromatic N) is 1. The predicted octanol–water partition coefficient (Wildman–Crippen LogP) is 3.36. The number of likely N-dealkylation sites (tertiary alicyclic amines) is 1. The van der Waals surface area contributed by atoms with Crippen LogP contribution < -0.4 is 0 Å². The van der Waals surface area contributed by atoms with Crippen molar-refractivity contribution in [1.29, 1.82) is 0 Å². The first-order valence-electron chi connectivity index (χ1n) is 7.81. The average Bonchev–Trinajstić information content (AvgIpc) is 2.87. The molecule has 0 aromatic heterocycles. The average molecular weight is 320 g/mol. The van der Waals surface area contributed by atoms with E-state index >= 15 is 0 Å². The maximum Gasteiger partial charge on any atom is 0.223 e. The van der Waals surface area contributed by atoms with Crippen molar-refractivity contribution in [3.63, 3.8) is 0 Å². The summed E-state index contributed by atoms with van der Waals surface area (Å²) in [4.78, 5) is 25.8. The molecule has 1 atom stereocenters. The van der Waals surface area contributed by atoms with Gasteiger partial charge in [0.05, 0.1) is 6.04 Å². The van der Waals surface area contributed by atoms with Crippen LogP contribution >= 0.6 is 11.6 Å². The SMILES string of the molecule is O=C(C=C[C@H]1CCC(=O)N1CCCCCl)Cc1ccccc1. The molecule has 3 nitrogen and oxygen atoms in total. The van der Waals surface area contributed by atoms with Gasteiger partial charge in [0.25, 0.3) is 0 Å². The fourth-order valence-electron chi connectivity index (χ4n) is 2.70. The highest BCUT2D eigenvalue weighted by atomic mass is 35.5. The third-order valence-corrected chi connectivity index (χ3v) is 4.15. The Morgan fingerprint density at radius 2 is 2.05 bits per heavy atom. The summed E-state index contributed by atoms with van der Waals surface area (Å²) < 4.78 is 0. The summed E-state index contributed by atoms with van der Waals surface area (Å²) in [5, 5.41) is 0. The van der Waals surface area contributed by atoms with Crippen LogP contribution in [0.4, 0.5) is 0 Å². The summed E-state index contributed by atoms with van der Waals surface area (Å²) in [5.41, 5.74) is 1.01. The number of halogens is 1. The number of allylic oxidation sites excluding steroid dienone is 1. The van der Waals surface area contributed by atoms with Crippen LogP contribution in [0.1, 0.15) is 31.2 Å². The van der Waals surface area contributed by atoms with Crippen molar-refractivity contribution in [2.24, 2.45) is 0 Å². The molecule has 1 aromatic carbocycles. The zero-order valence-electron chi connectivity index (χ0n) is 12.7. The molecule has 1 saturated heterocycles. The van der Waals surface area contributed by atoms with Crippen LogP contribution in [0.5, 0.6) is 0 Å². The van der Waals surface area contributed by atoms with Crippen LogP contribution in [-0.2, 0) is 16.0 Å². The van der Waals surface area contributed by atoms with E-state index in [0.717, 1.165) is 31.4 Å². The van der Waals surface area contributed by atoms with Gasteiger partial charge >= 0.3 is 0 Å². The van der Waals surface area contributed by atoms with E-state index in [1.807, 2.05) is 41.3 Å². The smallest absolute Gasteiger partial charge is 0.223 e. The van der Waals surface area contributed by atoms with Crippen molar-refractivity contribution >= 4 is 23.3 Å². The molecule has 4 heteroatoms. The number of benzene rings is 1. The van der Waals surface area contributed by atoms with Gasteiger partial charge in [-0.3, -0.25) is 9.59 Å². The number of carbonyl (C=O) groups is 2. The minimum Gasteiger partial charge on any atom is -0.336 e. The highest BCUT2D eigenvalue weighted by Crippen LogP contribution is 2.20. The van der Waals surface area contributed by atoms with E-state index in [0.29, 0.717) is 18.7 Å². The van der Waals surface area contributed by atoms with Crippen LogP contribution in [-0.4, -0.2) is 35.1 Å². The van der Waals surface area contributed by atoms with Crippen LogP contribution in [0.3, 0.4) is 0 Å². The molecule has 0 N–H and O–H groups in total. The Labute approximate surface area is 137 Å². The number of amides is 1. The van der Waals surface area contributed by atoms with E-state index in [4.69, 9.17) is 11.6 Å². The standard InChI is InChI=1S/C18H22ClNO2/c19-12-4-5-13-20-16(9-11-18(20)22)8-10-17(21)14-15-6-2-1-3-7-15/h1-3,6-8,10,16H,4-5,9,11-14H2/t16-/m0/s1. The molecule has 1 aliphatic heterocycles. The van der Waals surface area contributed by atoms with Crippen molar-refractivity contribution in [2.45, 2.75) is 38.1 Å². The first kappa shape index (κ1) is 16.8. The van der Waals surface area contributed by atoms with Gasteiger partial charge in [0.2, 0.25) is 5.91 Å². The number of unbranched alkanes of at least 4 members (excludes halogenated alkanes) is 1. The van der Waals surface area contributed by atoms with Crippen LogP contribution in [0.2, 0.25) is 0 Å². The molecule has 0 spiro atoms. The fourth-order valence-corrected chi connectivity index (χ4v) is 2.89. The molecular formula is C18H22ClNO2. The van der Waals surface area contributed by atoms with Crippen molar-refractivity contribution in [3.05, 3.63) is 48.0 Å². The molecule has 0 unspecified atom stereocenters. The summed E-state index contributed by atoms with van der Waals surface area (Å²) in [7, 11) is 0. The minimum atomic E-state index is 0.0579. The molecule has 0 aliphatic carbocycles. The first-order chi connectivity index (χ1) is 10.7. The van der Waals surface area contributed by atoms with E-state index in [1.54, 1.807) is 6.08 Å². The topological polar surface area (TPSA) is 37.4 Å². The number of hydrogen-bond donors (Lipinski definition) is 0. The van der Waals surface area contributed by atoms with Gasteiger partial charge < -0.3 is 4.90 Å². The van der Waals surface area contributed by atoms with Gasteiger partial charge in [-0.05, 0) is 30.9 Å². The van der Waals surface area contributed by atoms with Crippen molar-refractivity contribution in [2.75, 3.05) is 12.4 Å². The van der Waals surface area contributed by atoms with Gasteiger partial charge in [-0.2, -0.15) is 0 Å². The first-order valence-corrected chi connectivity index (χ1v) is 8.34. The zero-order valence-corrected chi connectivity index (χ0v) is 13.5. The Bertz CT molecular complexity index is 527. The highest BCUT2D eigenvalue weighted by Gasteiger charge is 2.28. The van der Waals surface area contributed by atoms with Gasteiger partial charge in [-0.1, -0.05) is 36.4 Å². The maximum absolute atomic E-state index is 12.0. The molecule has 118 valence electrons. The molecule has 1 aliphatic rings. The van der Waals surface area contributed by atoms with Gasteiger partial charge in [0.15, 0.2) is 5.78 Å². The second-order valence-corrected chi connectivity index (χ2v) is 5.96. The van der Waals surface area contributed by atoms with Crippen LogP contribution in [0, 0.1) is 0 Å². The van der Waals surface area contributed by atoms with Gasteiger partial charge in [-0.15, -0.1) is 11.6 Å². The summed E-state index contributed by atoms with van der Waals surface area (Å²) in [5.74, 6) is 0.879. The third kappa shape index (κ3) is 4.99. The highest BCUT2D eigenvalue weighted by molar-refractivity contribution is 6.17. The fraction of sp³-hybridized carbons (Fsp3) is 0.444. The quantitative estimate of drug-likeness (QED) is 0.418. The Kier molecular flexibility index (Phi) is 6.66. The molecule has 0 saturated carbocycles. The molecule has 1 amide bonds. The van der Waals surface area contributed by atoms with Crippen molar-refractivity contribution in [3.8, 4) is 0 Å². The second-order valence-electron chi connectivity index (χ2n) is 5.58. The molecule has 2 rings (SSSR count). The van der Waals surface area contributed by atoms with Gasteiger partial charge in [-0.25, -0.2) is 0 Å². The number of hydrogen-bond acceptors (Lipinski definition) is 2. The van der Waals surface area contributed by atoms with E-state index in [9.17, 15) is 9.59 Å². The largest absolute Gasteiger partial charge is 0.336 e. The van der Waals surface area contributed by atoms with Gasteiger partial charge in [0, 0.05) is 25.3 Å². The predicted molar refractivity (Wildman–Crippen MR) is 89.0 cm³/mol. The molecule has 0 radical (unpaired) electrons. The number of ketones is 1. The number of alkyl halides is 1. The monoisotopic (exact) mass is 319 g/mol. The second kappa shape index (κ2) is 8.74. The van der Waals surface area contributed by atoms with E-state index in [1.165, 1.54) is 0 Å². The number of carbonyl (C=O) groups excluding carboxylic acids is 2. The lowest BCUT2D eigenvalue weighted by Gasteiger charge is -2.22. The van der Waals surface area contributed by atoms with Crippen molar-refractivity contribution < 1.29 is 9.59 Å². The van der Waals surface area contributed by atoms with Crippen molar-refractivity contribution in [1.82, 2.24) is 4.90 Å². The molecular weight excluding hydrogens is 298 g/mol. The minimum absolute atomic E-state index is 0.0579. The van der Waals surface area contributed by atoms with Gasteiger partial charge in [0.1, 0.15) is 0 Å². The summed E-state index contributed by atoms with van der Waals surface area (Å²) >= 11 is 5.68. The lowest BCUT2D eigenvalue weighted by atomic mass is 10.1. The normalized spacial score (nSPS) is 18.3. The maximum atomic E-state index is 12.0. The molecule has 1 heterocycles. The molecule has 1 aromatic rings. The Hall–Kier alpha value is -1.61. The Morgan fingerprint density at radius 3 is 2.77 bits per heavy atom. The van der Waals surface area contributed by atoms with E-state index < -0.39 is 0 Å². The van der Waals surface area contributed by atoms with Crippen LogP contribution in [0.25, 0.3) is 0 Å². The number of rotatable bonds is 8. The van der Waals surface area contributed by atoms with Crippen LogP contribution in [0.15, 0.2) is 42.5 Å². The molecule has 0 bridgehead atoms. The molecule has 22 heavy (non-hydrogen) atoms. The summed E-state index contributed by atoms with van der Waals surface area (Å²) in [6, 6.07) is 9.75.